The zero-order valence-electron chi connectivity index (χ0n) is 11.5. The number of likely N-dealkylation sites (tertiary alicyclic amines) is 1. The van der Waals surface area contributed by atoms with Crippen molar-refractivity contribution in [2.45, 2.75) is 19.8 Å². The molecule has 2 N–H and O–H groups in total. The lowest BCUT2D eigenvalue weighted by Gasteiger charge is -2.30. The Morgan fingerprint density at radius 3 is 2.24 bits per heavy atom. The molecule has 0 unspecified atom stereocenters. The summed E-state index contributed by atoms with van der Waals surface area (Å²) in [5.41, 5.74) is 1.76. The van der Waals surface area contributed by atoms with Crippen LogP contribution in [0.4, 0.5) is 10.5 Å². The number of benzene rings is 1. The van der Waals surface area contributed by atoms with Crippen molar-refractivity contribution in [3.8, 4) is 0 Å². The summed E-state index contributed by atoms with van der Waals surface area (Å²) in [5.74, 6) is -1.12. The monoisotopic (exact) mass is 418 g/mol. The molecule has 21 heavy (non-hydrogen) atoms. The third-order valence-electron chi connectivity index (χ3n) is 3.55. The summed E-state index contributed by atoms with van der Waals surface area (Å²) < 4.78 is 1.62. The van der Waals surface area contributed by atoms with E-state index >= 15 is 0 Å². The van der Waals surface area contributed by atoms with Crippen LogP contribution in [0.15, 0.2) is 21.1 Å². The molecule has 1 fully saturated rings. The molecule has 0 aromatic heterocycles. The van der Waals surface area contributed by atoms with Crippen molar-refractivity contribution in [2.75, 3.05) is 18.4 Å². The van der Waals surface area contributed by atoms with Gasteiger partial charge in [-0.3, -0.25) is 4.79 Å². The number of urea groups is 1. The first kappa shape index (κ1) is 16.3. The van der Waals surface area contributed by atoms with E-state index < -0.39 is 5.97 Å². The van der Waals surface area contributed by atoms with Gasteiger partial charge in [-0.15, -0.1) is 0 Å². The predicted molar refractivity (Wildman–Crippen MR) is 87.5 cm³/mol. The molecule has 0 radical (unpaired) electrons. The van der Waals surface area contributed by atoms with Crippen LogP contribution in [0, 0.1) is 12.8 Å². The van der Waals surface area contributed by atoms with Gasteiger partial charge in [0.1, 0.15) is 0 Å². The molecular weight excluding hydrogens is 404 g/mol. The number of anilines is 1. The molecule has 1 aromatic rings. The van der Waals surface area contributed by atoms with E-state index in [0.717, 1.165) is 14.5 Å². The highest BCUT2D eigenvalue weighted by atomic mass is 79.9. The van der Waals surface area contributed by atoms with Crippen molar-refractivity contribution in [3.05, 3.63) is 26.6 Å². The van der Waals surface area contributed by atoms with Gasteiger partial charge in [0.25, 0.3) is 0 Å². The standard InChI is InChI=1S/C14H16Br2N2O3/c1-8-6-10(15)12(11(16)7-8)17-14(21)18-4-2-9(3-5-18)13(19)20/h6-7,9H,2-5H2,1H3,(H,17,21)(H,19,20). The first-order chi connectivity index (χ1) is 9.88. The molecule has 0 aliphatic carbocycles. The highest BCUT2D eigenvalue weighted by molar-refractivity contribution is 9.11. The van der Waals surface area contributed by atoms with Gasteiger partial charge < -0.3 is 15.3 Å². The quantitative estimate of drug-likeness (QED) is 0.764. The molecule has 0 saturated carbocycles. The molecule has 1 heterocycles. The number of carboxylic acids is 1. The van der Waals surface area contributed by atoms with Gasteiger partial charge in [0.2, 0.25) is 0 Å². The van der Waals surface area contributed by atoms with E-state index in [1.165, 1.54) is 0 Å². The Bertz CT molecular complexity index is 546. The van der Waals surface area contributed by atoms with Crippen molar-refractivity contribution in [1.29, 1.82) is 0 Å². The number of aryl methyl sites for hydroxylation is 1. The lowest BCUT2D eigenvalue weighted by atomic mass is 9.97. The molecule has 5 nitrogen and oxygen atoms in total. The van der Waals surface area contributed by atoms with Crippen LogP contribution < -0.4 is 5.32 Å². The highest BCUT2D eigenvalue weighted by Crippen LogP contribution is 2.32. The van der Waals surface area contributed by atoms with E-state index in [0.29, 0.717) is 31.6 Å². The number of amides is 2. The zero-order chi connectivity index (χ0) is 15.6. The van der Waals surface area contributed by atoms with Crippen LogP contribution in [0.1, 0.15) is 18.4 Å². The minimum atomic E-state index is -0.779. The smallest absolute Gasteiger partial charge is 0.321 e. The molecule has 1 aliphatic heterocycles. The molecule has 0 bridgehead atoms. The molecular formula is C14H16Br2N2O3. The number of halogens is 2. The van der Waals surface area contributed by atoms with Gasteiger partial charge >= 0.3 is 12.0 Å². The van der Waals surface area contributed by atoms with Crippen LogP contribution >= 0.6 is 31.9 Å². The third-order valence-corrected chi connectivity index (χ3v) is 4.80. The number of hydrogen-bond donors (Lipinski definition) is 2. The number of hydrogen-bond acceptors (Lipinski definition) is 2. The van der Waals surface area contributed by atoms with Gasteiger partial charge in [-0.05, 0) is 69.3 Å². The average molecular weight is 420 g/mol. The van der Waals surface area contributed by atoms with Gasteiger partial charge in [0, 0.05) is 22.0 Å². The van der Waals surface area contributed by atoms with E-state index in [9.17, 15) is 9.59 Å². The molecule has 114 valence electrons. The second-order valence-corrected chi connectivity index (χ2v) is 6.84. The van der Waals surface area contributed by atoms with Crippen molar-refractivity contribution in [2.24, 2.45) is 5.92 Å². The van der Waals surface area contributed by atoms with Gasteiger partial charge in [0.15, 0.2) is 0 Å². The summed E-state index contributed by atoms with van der Waals surface area (Å²) in [6, 6.07) is 3.65. The van der Waals surface area contributed by atoms with Crippen molar-refractivity contribution >= 4 is 49.5 Å². The van der Waals surface area contributed by atoms with Gasteiger partial charge in [-0.1, -0.05) is 0 Å². The lowest BCUT2D eigenvalue weighted by Crippen LogP contribution is -2.42. The Balaban J connectivity index is 2.01. The lowest BCUT2D eigenvalue weighted by molar-refractivity contribution is -0.143. The van der Waals surface area contributed by atoms with Crippen molar-refractivity contribution in [1.82, 2.24) is 4.90 Å². The molecule has 1 aliphatic rings. The van der Waals surface area contributed by atoms with Gasteiger partial charge in [-0.2, -0.15) is 0 Å². The number of aliphatic carboxylic acids is 1. The molecule has 0 spiro atoms. The fraction of sp³-hybridized carbons (Fsp3) is 0.429. The highest BCUT2D eigenvalue weighted by Gasteiger charge is 2.27. The Hall–Kier alpha value is -1.08. The van der Waals surface area contributed by atoms with Crippen LogP contribution in [0.3, 0.4) is 0 Å². The van der Waals surface area contributed by atoms with Crippen molar-refractivity contribution < 1.29 is 14.7 Å². The fourth-order valence-electron chi connectivity index (χ4n) is 2.33. The number of carboxylic acid groups (broad SMARTS) is 1. The molecule has 0 atom stereocenters. The molecule has 2 amide bonds. The SMILES string of the molecule is Cc1cc(Br)c(NC(=O)N2CCC(C(=O)O)CC2)c(Br)c1. The average Bonchev–Trinajstić information content (AvgIpc) is 2.42. The van der Waals surface area contributed by atoms with Crippen molar-refractivity contribution in [3.63, 3.8) is 0 Å². The van der Waals surface area contributed by atoms with Crippen LogP contribution in [0.2, 0.25) is 0 Å². The Morgan fingerprint density at radius 1 is 1.24 bits per heavy atom. The number of rotatable bonds is 2. The topological polar surface area (TPSA) is 69.6 Å². The van der Waals surface area contributed by atoms with Crippen LogP contribution in [-0.4, -0.2) is 35.1 Å². The summed E-state index contributed by atoms with van der Waals surface area (Å²) in [4.78, 5) is 24.8. The van der Waals surface area contributed by atoms with Gasteiger partial charge in [0.05, 0.1) is 11.6 Å². The van der Waals surface area contributed by atoms with Crippen LogP contribution in [0.5, 0.6) is 0 Å². The van der Waals surface area contributed by atoms with E-state index in [-0.39, 0.29) is 11.9 Å². The Labute approximate surface area is 140 Å². The number of nitrogens with zero attached hydrogens (tertiary/aromatic N) is 1. The number of carbonyl (C=O) groups excluding carboxylic acids is 1. The summed E-state index contributed by atoms with van der Waals surface area (Å²) in [6.45, 7) is 2.89. The predicted octanol–water partition coefficient (Wildman–Crippen LogP) is 3.85. The van der Waals surface area contributed by atoms with E-state index in [1.807, 2.05) is 19.1 Å². The Kier molecular flexibility index (Phi) is 5.27. The Morgan fingerprint density at radius 2 is 1.76 bits per heavy atom. The first-order valence-electron chi connectivity index (χ1n) is 6.63. The van der Waals surface area contributed by atoms with E-state index in [2.05, 4.69) is 37.2 Å². The number of piperidine rings is 1. The fourth-order valence-corrected chi connectivity index (χ4v) is 3.95. The first-order valence-corrected chi connectivity index (χ1v) is 8.21. The third kappa shape index (κ3) is 3.97. The minimum Gasteiger partial charge on any atom is -0.481 e. The minimum absolute atomic E-state index is 0.205. The summed E-state index contributed by atoms with van der Waals surface area (Å²) in [7, 11) is 0. The number of nitrogens with one attached hydrogen (secondary N) is 1. The maximum absolute atomic E-state index is 12.3. The zero-order valence-corrected chi connectivity index (χ0v) is 14.7. The molecule has 1 saturated heterocycles. The van der Waals surface area contributed by atoms with E-state index in [1.54, 1.807) is 4.90 Å². The van der Waals surface area contributed by atoms with Gasteiger partial charge in [-0.25, -0.2) is 4.79 Å². The summed E-state index contributed by atoms with van der Waals surface area (Å²) in [5, 5.41) is 11.8. The van der Waals surface area contributed by atoms with Crippen LogP contribution in [0.25, 0.3) is 0 Å². The maximum atomic E-state index is 12.3. The van der Waals surface area contributed by atoms with Crippen LogP contribution in [-0.2, 0) is 4.79 Å². The normalized spacial score (nSPS) is 15.9. The number of carbonyl (C=O) groups is 2. The second-order valence-electron chi connectivity index (χ2n) is 5.13. The molecule has 2 rings (SSSR count). The molecule has 7 heteroatoms. The second kappa shape index (κ2) is 6.79. The summed E-state index contributed by atoms with van der Waals surface area (Å²) >= 11 is 6.88. The van der Waals surface area contributed by atoms with E-state index in [4.69, 9.17) is 5.11 Å². The largest absolute Gasteiger partial charge is 0.481 e. The molecule has 1 aromatic carbocycles. The summed E-state index contributed by atoms with van der Waals surface area (Å²) in [6.07, 6.45) is 0.998. The maximum Gasteiger partial charge on any atom is 0.321 e.